The molecule has 0 unspecified atom stereocenters. The highest BCUT2D eigenvalue weighted by atomic mass is 32.2. The van der Waals surface area contributed by atoms with Gasteiger partial charge in [0.2, 0.25) is 5.91 Å². The number of carbonyl (C=O) groups is 2. The number of nitrogens with zero attached hydrogens (tertiary/aromatic N) is 2. The molecule has 1 heterocycles. The molecule has 0 fully saturated rings. The molecule has 0 saturated carbocycles. The molecule has 0 spiro atoms. The van der Waals surface area contributed by atoms with Crippen LogP contribution < -0.4 is 5.32 Å². The van der Waals surface area contributed by atoms with Crippen LogP contribution in [-0.2, 0) is 10.5 Å². The summed E-state index contributed by atoms with van der Waals surface area (Å²) in [6, 6.07) is 16.9. The lowest BCUT2D eigenvalue weighted by atomic mass is 10.1. The molecule has 132 valence electrons. The second kappa shape index (κ2) is 8.49. The number of ketones is 1. The molecule has 0 aliphatic heterocycles. The van der Waals surface area contributed by atoms with Gasteiger partial charge in [0.05, 0.1) is 11.4 Å². The van der Waals surface area contributed by atoms with Crippen LogP contribution in [0.25, 0.3) is 5.69 Å². The number of thioether (sulfide) groups is 1. The van der Waals surface area contributed by atoms with Crippen molar-refractivity contribution in [2.45, 2.75) is 12.7 Å². The van der Waals surface area contributed by atoms with Gasteiger partial charge in [-0.25, -0.2) is 4.68 Å². The monoisotopic (exact) mass is 365 g/mol. The van der Waals surface area contributed by atoms with Gasteiger partial charge in [-0.15, -0.1) is 11.8 Å². The third-order valence-corrected chi connectivity index (χ3v) is 4.79. The Morgan fingerprint density at radius 3 is 2.42 bits per heavy atom. The third kappa shape index (κ3) is 4.83. The van der Waals surface area contributed by atoms with Crippen LogP contribution in [0.2, 0.25) is 0 Å². The van der Waals surface area contributed by atoms with Gasteiger partial charge in [0.25, 0.3) is 0 Å². The van der Waals surface area contributed by atoms with Crippen molar-refractivity contribution in [2.75, 3.05) is 11.1 Å². The van der Waals surface area contributed by atoms with Gasteiger partial charge >= 0.3 is 0 Å². The van der Waals surface area contributed by atoms with E-state index in [0.717, 1.165) is 17.0 Å². The van der Waals surface area contributed by atoms with E-state index < -0.39 is 0 Å². The van der Waals surface area contributed by atoms with Crippen molar-refractivity contribution in [3.05, 3.63) is 78.1 Å². The SMILES string of the molecule is CC(=O)c1ccc(NC(=O)CSCc2ccc(-n3cccn3)cc2)cc1. The van der Waals surface area contributed by atoms with Crippen LogP contribution in [0.4, 0.5) is 5.69 Å². The largest absolute Gasteiger partial charge is 0.325 e. The molecule has 0 aliphatic rings. The normalized spacial score (nSPS) is 10.5. The van der Waals surface area contributed by atoms with Crippen LogP contribution in [0.1, 0.15) is 22.8 Å². The Balaban J connectivity index is 1.45. The standard InChI is InChI=1S/C20H19N3O2S/c1-15(24)17-5-7-18(8-6-17)22-20(25)14-26-13-16-3-9-19(10-4-16)23-12-2-11-21-23/h2-12H,13-14H2,1H3,(H,22,25). The van der Waals surface area contributed by atoms with Crippen molar-refractivity contribution in [2.24, 2.45) is 0 Å². The van der Waals surface area contributed by atoms with Crippen molar-refractivity contribution in [3.63, 3.8) is 0 Å². The molecule has 26 heavy (non-hydrogen) atoms. The van der Waals surface area contributed by atoms with Gasteiger partial charge in [-0.2, -0.15) is 5.10 Å². The van der Waals surface area contributed by atoms with Crippen molar-refractivity contribution in [3.8, 4) is 5.69 Å². The van der Waals surface area contributed by atoms with E-state index in [0.29, 0.717) is 17.0 Å². The molecule has 0 bridgehead atoms. The fraction of sp³-hybridized carbons (Fsp3) is 0.150. The summed E-state index contributed by atoms with van der Waals surface area (Å²) in [7, 11) is 0. The summed E-state index contributed by atoms with van der Waals surface area (Å²) in [6.45, 7) is 1.52. The fourth-order valence-corrected chi connectivity index (χ4v) is 3.20. The molecule has 1 amide bonds. The molecule has 2 aromatic carbocycles. The Morgan fingerprint density at radius 1 is 1.08 bits per heavy atom. The van der Waals surface area contributed by atoms with E-state index >= 15 is 0 Å². The van der Waals surface area contributed by atoms with E-state index in [1.165, 1.54) is 6.92 Å². The van der Waals surface area contributed by atoms with Gasteiger partial charge in [0.1, 0.15) is 0 Å². The van der Waals surface area contributed by atoms with Crippen LogP contribution >= 0.6 is 11.8 Å². The number of rotatable bonds is 7. The summed E-state index contributed by atoms with van der Waals surface area (Å²) in [4.78, 5) is 23.3. The number of amides is 1. The number of aromatic nitrogens is 2. The summed E-state index contributed by atoms with van der Waals surface area (Å²) >= 11 is 1.56. The molecule has 1 N–H and O–H groups in total. The lowest BCUT2D eigenvalue weighted by molar-refractivity contribution is -0.113. The van der Waals surface area contributed by atoms with Crippen LogP contribution in [0, 0.1) is 0 Å². The van der Waals surface area contributed by atoms with E-state index in [1.54, 1.807) is 42.2 Å². The summed E-state index contributed by atoms with van der Waals surface area (Å²) in [5, 5.41) is 7.04. The molecule has 0 saturated heterocycles. The second-order valence-electron chi connectivity index (χ2n) is 5.79. The van der Waals surface area contributed by atoms with E-state index in [-0.39, 0.29) is 11.7 Å². The van der Waals surface area contributed by atoms with Gasteiger partial charge < -0.3 is 5.32 Å². The first-order chi connectivity index (χ1) is 12.6. The van der Waals surface area contributed by atoms with Crippen LogP contribution in [-0.4, -0.2) is 27.2 Å². The predicted molar refractivity (Wildman–Crippen MR) is 105 cm³/mol. The zero-order chi connectivity index (χ0) is 18.4. The van der Waals surface area contributed by atoms with Gasteiger partial charge in [-0.1, -0.05) is 12.1 Å². The van der Waals surface area contributed by atoms with Crippen LogP contribution in [0.3, 0.4) is 0 Å². The smallest absolute Gasteiger partial charge is 0.234 e. The summed E-state index contributed by atoms with van der Waals surface area (Å²) in [5.41, 5.74) is 3.50. The Kier molecular flexibility index (Phi) is 5.86. The average molecular weight is 365 g/mol. The van der Waals surface area contributed by atoms with E-state index in [4.69, 9.17) is 0 Å². The Labute approximate surface area is 156 Å². The maximum Gasteiger partial charge on any atom is 0.234 e. The second-order valence-corrected chi connectivity index (χ2v) is 6.78. The number of anilines is 1. The number of benzene rings is 2. The van der Waals surface area contributed by atoms with E-state index in [1.807, 2.05) is 41.2 Å². The first-order valence-electron chi connectivity index (χ1n) is 8.19. The minimum Gasteiger partial charge on any atom is -0.325 e. The molecule has 0 atom stereocenters. The number of nitrogens with one attached hydrogen (secondary N) is 1. The Hall–Kier alpha value is -2.86. The number of carbonyl (C=O) groups excluding carboxylic acids is 2. The topological polar surface area (TPSA) is 64.0 Å². The molecule has 0 radical (unpaired) electrons. The maximum atomic E-state index is 12.0. The van der Waals surface area contributed by atoms with Gasteiger partial charge in [0.15, 0.2) is 5.78 Å². The molecule has 5 nitrogen and oxygen atoms in total. The lowest BCUT2D eigenvalue weighted by Crippen LogP contribution is -2.14. The highest BCUT2D eigenvalue weighted by Gasteiger charge is 2.05. The molecular weight excluding hydrogens is 346 g/mol. The highest BCUT2D eigenvalue weighted by molar-refractivity contribution is 7.99. The summed E-state index contributed by atoms with van der Waals surface area (Å²) in [6.07, 6.45) is 3.65. The van der Waals surface area contributed by atoms with Crippen molar-refractivity contribution in [1.29, 1.82) is 0 Å². The third-order valence-electron chi connectivity index (χ3n) is 3.78. The summed E-state index contributed by atoms with van der Waals surface area (Å²) in [5.74, 6) is 1.08. The molecule has 3 rings (SSSR count). The number of hydrogen-bond acceptors (Lipinski definition) is 4. The Bertz CT molecular complexity index is 872. The maximum absolute atomic E-state index is 12.0. The lowest BCUT2D eigenvalue weighted by Gasteiger charge is -2.07. The average Bonchev–Trinajstić information content (AvgIpc) is 3.17. The number of hydrogen-bond donors (Lipinski definition) is 1. The quantitative estimate of drug-likeness (QED) is 0.644. The minimum atomic E-state index is -0.0567. The van der Waals surface area contributed by atoms with Crippen molar-refractivity contribution in [1.82, 2.24) is 9.78 Å². The predicted octanol–water partition coefficient (Wildman–Crippen LogP) is 3.95. The molecular formula is C20H19N3O2S. The number of Topliss-reactive ketones (excluding diaryl/α,β-unsaturated/α-hetero) is 1. The first-order valence-corrected chi connectivity index (χ1v) is 9.35. The first kappa shape index (κ1) is 17.9. The van der Waals surface area contributed by atoms with Gasteiger partial charge in [-0.3, -0.25) is 9.59 Å². The molecule has 0 aliphatic carbocycles. The molecule has 3 aromatic rings. The van der Waals surface area contributed by atoms with Gasteiger partial charge in [-0.05, 0) is 55.0 Å². The fourth-order valence-electron chi connectivity index (χ4n) is 2.41. The van der Waals surface area contributed by atoms with E-state index in [2.05, 4.69) is 10.4 Å². The zero-order valence-electron chi connectivity index (χ0n) is 14.4. The van der Waals surface area contributed by atoms with Crippen molar-refractivity contribution >= 4 is 29.1 Å². The Morgan fingerprint density at radius 2 is 1.81 bits per heavy atom. The van der Waals surface area contributed by atoms with Crippen LogP contribution in [0.5, 0.6) is 0 Å². The molecule has 6 heteroatoms. The minimum absolute atomic E-state index is 0.0111. The van der Waals surface area contributed by atoms with Gasteiger partial charge in [0, 0.05) is 29.4 Å². The summed E-state index contributed by atoms with van der Waals surface area (Å²) < 4.78 is 1.81. The zero-order valence-corrected chi connectivity index (χ0v) is 15.2. The highest BCUT2D eigenvalue weighted by Crippen LogP contribution is 2.16. The van der Waals surface area contributed by atoms with Crippen molar-refractivity contribution < 1.29 is 9.59 Å². The molecule has 1 aromatic heterocycles. The van der Waals surface area contributed by atoms with Crippen LogP contribution in [0.15, 0.2) is 67.0 Å². The van der Waals surface area contributed by atoms with E-state index in [9.17, 15) is 9.59 Å².